The highest BCUT2D eigenvalue weighted by Gasteiger charge is 2.11. The number of carbonyl (C=O) groups is 2. The number of hydrogen-bond acceptors (Lipinski definition) is 4. The lowest BCUT2D eigenvalue weighted by Gasteiger charge is -2.10. The smallest absolute Gasteiger partial charge is 0.255 e. The van der Waals surface area contributed by atoms with Crippen LogP contribution >= 0.6 is 11.6 Å². The van der Waals surface area contributed by atoms with Gasteiger partial charge < -0.3 is 10.4 Å². The van der Waals surface area contributed by atoms with Crippen molar-refractivity contribution in [3.05, 3.63) is 95.6 Å². The largest absolute Gasteiger partial charge is 0.506 e. The predicted molar refractivity (Wildman–Crippen MR) is 113 cm³/mol. The number of nitriles is 1. The minimum atomic E-state index is -0.407. The molecule has 0 aliphatic heterocycles. The molecule has 3 aromatic carbocycles. The summed E-state index contributed by atoms with van der Waals surface area (Å²) in [6, 6.07) is 24.3. The summed E-state index contributed by atoms with van der Waals surface area (Å²) in [7, 11) is 0. The van der Waals surface area contributed by atoms with Gasteiger partial charge in [-0.05, 0) is 48.4 Å². The molecule has 0 radical (unpaired) electrons. The number of rotatable bonds is 4. The number of phenolic OH excluding ortho intramolecular Hbond substituents is 1. The van der Waals surface area contributed by atoms with E-state index in [-0.39, 0.29) is 17.6 Å². The molecule has 6 heteroatoms. The molecule has 0 saturated carbocycles. The topological polar surface area (TPSA) is 90.2 Å². The number of halogens is 1. The first kappa shape index (κ1) is 21.7. The lowest BCUT2D eigenvalue weighted by atomic mass is 10.0. The van der Waals surface area contributed by atoms with Crippen molar-refractivity contribution in [3.8, 4) is 11.8 Å². The molecule has 5 nitrogen and oxygen atoms in total. The number of anilines is 1. The highest BCUT2D eigenvalue weighted by molar-refractivity contribution is 6.67. The summed E-state index contributed by atoms with van der Waals surface area (Å²) in [4.78, 5) is 22.4. The van der Waals surface area contributed by atoms with Crippen LogP contribution in [0.2, 0.25) is 0 Å². The third-order valence-electron chi connectivity index (χ3n) is 4.00. The Labute approximate surface area is 174 Å². The summed E-state index contributed by atoms with van der Waals surface area (Å²) < 4.78 is 0. The van der Waals surface area contributed by atoms with E-state index in [0.29, 0.717) is 16.8 Å². The third kappa shape index (κ3) is 6.49. The first-order valence-corrected chi connectivity index (χ1v) is 9.14. The fraction of sp³-hybridized carbons (Fsp3) is 0.0870. The third-order valence-corrected chi connectivity index (χ3v) is 4.22. The molecule has 3 rings (SSSR count). The van der Waals surface area contributed by atoms with Crippen LogP contribution < -0.4 is 5.32 Å². The molecule has 0 aliphatic rings. The van der Waals surface area contributed by atoms with Gasteiger partial charge in [0.1, 0.15) is 5.75 Å². The van der Waals surface area contributed by atoms with Crippen molar-refractivity contribution in [2.75, 3.05) is 5.32 Å². The van der Waals surface area contributed by atoms with E-state index in [1.54, 1.807) is 67.6 Å². The maximum Gasteiger partial charge on any atom is 0.255 e. The van der Waals surface area contributed by atoms with Crippen LogP contribution in [0.3, 0.4) is 0 Å². The highest BCUT2D eigenvalue weighted by Crippen LogP contribution is 2.28. The van der Waals surface area contributed by atoms with Crippen LogP contribution in [0, 0.1) is 11.3 Å². The molecule has 0 aromatic heterocycles. The van der Waals surface area contributed by atoms with Crippen LogP contribution in [0.25, 0.3) is 0 Å². The molecule has 146 valence electrons. The summed E-state index contributed by atoms with van der Waals surface area (Å²) in [5.41, 5.74) is 2.09. The molecule has 0 aliphatic carbocycles. The van der Waals surface area contributed by atoms with Crippen molar-refractivity contribution in [3.63, 3.8) is 0 Å². The minimum Gasteiger partial charge on any atom is -0.506 e. The number of nitrogens with zero attached hydrogens (tertiary/aromatic N) is 1. The van der Waals surface area contributed by atoms with Crippen LogP contribution in [-0.2, 0) is 0 Å². The molecule has 1 atom stereocenters. The zero-order valence-electron chi connectivity index (χ0n) is 15.7. The molecule has 1 amide bonds. The van der Waals surface area contributed by atoms with E-state index >= 15 is 0 Å². The van der Waals surface area contributed by atoms with Gasteiger partial charge >= 0.3 is 0 Å². The Hall–Kier alpha value is -3.62. The molecule has 29 heavy (non-hydrogen) atoms. The fourth-order valence-electron chi connectivity index (χ4n) is 2.35. The maximum atomic E-state index is 12.0. The highest BCUT2D eigenvalue weighted by atomic mass is 35.5. The Kier molecular flexibility index (Phi) is 7.96. The molecule has 2 N–H and O–H groups in total. The number of amides is 1. The van der Waals surface area contributed by atoms with Gasteiger partial charge in [0.15, 0.2) is 0 Å². The van der Waals surface area contributed by atoms with Gasteiger partial charge in [-0.25, -0.2) is 0 Å². The SMILES string of the molecule is CC(C#N)c1ccc(O)c(NC(=O)c2ccccc2)c1.O=C(Cl)c1ccccc1. The molecular formula is C23H19ClN2O3. The van der Waals surface area contributed by atoms with E-state index < -0.39 is 5.24 Å². The van der Waals surface area contributed by atoms with Gasteiger partial charge in [-0.2, -0.15) is 5.26 Å². The Morgan fingerprint density at radius 1 is 0.966 bits per heavy atom. The van der Waals surface area contributed by atoms with Crippen LogP contribution in [0.1, 0.15) is 39.1 Å². The molecular weight excluding hydrogens is 388 g/mol. The Balaban J connectivity index is 0.000000278. The van der Waals surface area contributed by atoms with E-state index in [1.165, 1.54) is 6.07 Å². The Morgan fingerprint density at radius 2 is 1.52 bits per heavy atom. The van der Waals surface area contributed by atoms with E-state index in [2.05, 4.69) is 11.4 Å². The molecule has 1 unspecified atom stereocenters. The monoisotopic (exact) mass is 406 g/mol. The Morgan fingerprint density at radius 3 is 2.00 bits per heavy atom. The Bertz CT molecular complexity index is 1020. The van der Waals surface area contributed by atoms with Gasteiger partial charge in [0, 0.05) is 11.1 Å². The first-order chi connectivity index (χ1) is 13.9. The van der Waals surface area contributed by atoms with Crippen molar-refractivity contribution in [2.45, 2.75) is 12.8 Å². The predicted octanol–water partition coefficient (Wildman–Crippen LogP) is 5.34. The van der Waals surface area contributed by atoms with Crippen molar-refractivity contribution in [1.82, 2.24) is 0 Å². The van der Waals surface area contributed by atoms with Crippen LogP contribution in [0.4, 0.5) is 5.69 Å². The number of benzene rings is 3. The summed E-state index contributed by atoms with van der Waals surface area (Å²) in [6.07, 6.45) is 0. The summed E-state index contributed by atoms with van der Waals surface area (Å²) in [6.45, 7) is 1.76. The van der Waals surface area contributed by atoms with Gasteiger partial charge in [-0.15, -0.1) is 0 Å². The van der Waals surface area contributed by atoms with Gasteiger partial charge in [0.05, 0.1) is 17.7 Å². The van der Waals surface area contributed by atoms with E-state index in [1.807, 2.05) is 12.1 Å². The van der Waals surface area contributed by atoms with Crippen LogP contribution in [0.15, 0.2) is 78.9 Å². The van der Waals surface area contributed by atoms with Crippen LogP contribution in [0.5, 0.6) is 5.75 Å². The number of carbonyl (C=O) groups excluding carboxylic acids is 2. The molecule has 0 spiro atoms. The lowest BCUT2D eigenvalue weighted by molar-refractivity contribution is 0.102. The van der Waals surface area contributed by atoms with E-state index in [9.17, 15) is 14.7 Å². The van der Waals surface area contributed by atoms with Gasteiger partial charge in [-0.3, -0.25) is 9.59 Å². The average molecular weight is 407 g/mol. The fourth-order valence-corrected chi connectivity index (χ4v) is 2.48. The van der Waals surface area contributed by atoms with Crippen LogP contribution in [-0.4, -0.2) is 16.3 Å². The van der Waals surface area contributed by atoms with Crippen molar-refractivity contribution >= 4 is 28.4 Å². The summed E-state index contributed by atoms with van der Waals surface area (Å²) in [5, 5.41) is 20.9. The van der Waals surface area contributed by atoms with Gasteiger partial charge in [-0.1, -0.05) is 54.6 Å². The zero-order chi connectivity index (χ0) is 21.2. The van der Waals surface area contributed by atoms with E-state index in [0.717, 1.165) is 5.56 Å². The minimum absolute atomic E-state index is 0.0248. The van der Waals surface area contributed by atoms with E-state index in [4.69, 9.17) is 16.9 Å². The molecule has 0 heterocycles. The quantitative estimate of drug-likeness (QED) is 0.452. The van der Waals surface area contributed by atoms with Crippen molar-refractivity contribution < 1.29 is 14.7 Å². The lowest BCUT2D eigenvalue weighted by Crippen LogP contribution is -2.12. The van der Waals surface area contributed by atoms with Gasteiger partial charge in [0.25, 0.3) is 11.1 Å². The number of nitrogens with one attached hydrogen (secondary N) is 1. The molecule has 3 aromatic rings. The number of hydrogen-bond donors (Lipinski definition) is 2. The second-order valence-electron chi connectivity index (χ2n) is 6.09. The zero-order valence-corrected chi connectivity index (χ0v) is 16.4. The molecule has 0 fully saturated rings. The average Bonchev–Trinajstić information content (AvgIpc) is 2.76. The summed E-state index contributed by atoms with van der Waals surface area (Å²) >= 11 is 5.16. The second kappa shape index (κ2) is 10.6. The number of phenols is 1. The summed E-state index contributed by atoms with van der Waals surface area (Å²) in [5.74, 6) is -0.631. The molecule has 0 bridgehead atoms. The normalized spacial score (nSPS) is 10.7. The molecule has 0 saturated heterocycles. The second-order valence-corrected chi connectivity index (χ2v) is 6.43. The number of aromatic hydroxyl groups is 1. The first-order valence-electron chi connectivity index (χ1n) is 8.76. The maximum absolute atomic E-state index is 12.0. The van der Waals surface area contributed by atoms with Crippen molar-refractivity contribution in [2.24, 2.45) is 0 Å². The standard InChI is InChI=1S/C16H14N2O2.C7H5ClO/c1-11(10-17)13-7-8-15(19)14(9-13)18-16(20)12-5-3-2-4-6-12;8-7(9)6-4-2-1-3-5-6/h2-9,11,19H,1H3,(H,18,20);1-5H. The van der Waals surface area contributed by atoms with Gasteiger partial charge in [0.2, 0.25) is 0 Å². The van der Waals surface area contributed by atoms with Crippen molar-refractivity contribution in [1.29, 1.82) is 5.26 Å².